The molecule has 0 aliphatic heterocycles. The zero-order valence-electron chi connectivity index (χ0n) is 8.98. The molecule has 0 aromatic rings. The summed E-state index contributed by atoms with van der Waals surface area (Å²) < 4.78 is 0. The predicted octanol–water partition coefficient (Wildman–Crippen LogP) is 2.46. The minimum Gasteiger partial charge on any atom is -0.300 e. The summed E-state index contributed by atoms with van der Waals surface area (Å²) in [7, 11) is 0. The van der Waals surface area contributed by atoms with E-state index >= 15 is 0 Å². The lowest BCUT2D eigenvalue weighted by Gasteiger charge is -2.39. The van der Waals surface area contributed by atoms with Gasteiger partial charge in [0.2, 0.25) is 0 Å². The Bertz CT molecular complexity index is 203. The number of rotatable bonds is 2. The van der Waals surface area contributed by atoms with Crippen LogP contribution in [-0.2, 0) is 0 Å². The maximum Gasteiger partial charge on any atom is 0.106 e. The summed E-state index contributed by atoms with van der Waals surface area (Å²) in [5.41, 5.74) is 0.222. The Kier molecular flexibility index (Phi) is 2.98. The number of nitrogens with zero attached hydrogens (tertiary/aromatic N) is 1. The maximum absolute atomic E-state index is 9.13. The zero-order chi connectivity index (χ0) is 9.95. The molecule has 13 heavy (non-hydrogen) atoms. The van der Waals surface area contributed by atoms with Gasteiger partial charge in [0.25, 0.3) is 0 Å². The fourth-order valence-electron chi connectivity index (χ4n) is 2.02. The minimum atomic E-state index is -0.218. The second kappa shape index (κ2) is 3.67. The van der Waals surface area contributed by atoms with Gasteiger partial charge in [-0.1, -0.05) is 20.8 Å². The van der Waals surface area contributed by atoms with Crippen molar-refractivity contribution in [2.45, 2.75) is 52.0 Å². The van der Waals surface area contributed by atoms with Gasteiger partial charge in [0.05, 0.1) is 6.07 Å². The summed E-state index contributed by atoms with van der Waals surface area (Å²) in [6.45, 7) is 7.55. The van der Waals surface area contributed by atoms with Gasteiger partial charge >= 0.3 is 0 Å². The molecule has 2 nitrogen and oxygen atoms in total. The molecule has 1 rings (SSSR count). The van der Waals surface area contributed by atoms with Gasteiger partial charge in [-0.25, -0.2) is 0 Å². The summed E-state index contributed by atoms with van der Waals surface area (Å²) in [6.07, 6.45) is 4.33. The first-order valence-electron chi connectivity index (χ1n) is 5.20. The van der Waals surface area contributed by atoms with Crippen LogP contribution < -0.4 is 5.32 Å². The van der Waals surface area contributed by atoms with Gasteiger partial charge in [-0.15, -0.1) is 0 Å². The highest BCUT2D eigenvalue weighted by Gasteiger charge is 2.37. The van der Waals surface area contributed by atoms with Crippen molar-refractivity contribution in [2.75, 3.05) is 6.54 Å². The van der Waals surface area contributed by atoms with Gasteiger partial charge in [-0.05, 0) is 37.6 Å². The second-order valence-electron chi connectivity index (χ2n) is 4.89. The van der Waals surface area contributed by atoms with Crippen molar-refractivity contribution in [2.24, 2.45) is 5.41 Å². The standard InChI is InChI=1S/C11H20N2/c1-4-13-11(9-12)7-5-10(2,3)6-8-11/h13H,4-8H2,1-3H3. The molecule has 0 aromatic heterocycles. The second-order valence-corrected chi connectivity index (χ2v) is 4.89. The molecular weight excluding hydrogens is 160 g/mol. The first-order valence-corrected chi connectivity index (χ1v) is 5.20. The Morgan fingerprint density at radius 2 is 1.77 bits per heavy atom. The van der Waals surface area contributed by atoms with Gasteiger partial charge < -0.3 is 0 Å². The van der Waals surface area contributed by atoms with Gasteiger partial charge in [-0.2, -0.15) is 5.26 Å². The molecule has 0 atom stereocenters. The molecule has 0 bridgehead atoms. The lowest BCUT2D eigenvalue weighted by Crippen LogP contribution is -2.47. The first kappa shape index (κ1) is 10.5. The van der Waals surface area contributed by atoms with Crippen LogP contribution >= 0.6 is 0 Å². The van der Waals surface area contributed by atoms with E-state index in [0.29, 0.717) is 5.41 Å². The van der Waals surface area contributed by atoms with Crippen molar-refractivity contribution in [1.29, 1.82) is 5.26 Å². The molecule has 1 N–H and O–H groups in total. The Balaban J connectivity index is 2.59. The van der Waals surface area contributed by atoms with Crippen molar-refractivity contribution < 1.29 is 0 Å². The summed E-state index contributed by atoms with van der Waals surface area (Å²) in [4.78, 5) is 0. The van der Waals surface area contributed by atoms with Crippen molar-refractivity contribution >= 4 is 0 Å². The van der Waals surface area contributed by atoms with E-state index in [1.165, 1.54) is 0 Å². The van der Waals surface area contributed by atoms with Crippen molar-refractivity contribution in [3.05, 3.63) is 0 Å². The third-order valence-corrected chi connectivity index (χ3v) is 3.19. The molecule has 0 aromatic carbocycles. The van der Waals surface area contributed by atoms with Crippen molar-refractivity contribution in [1.82, 2.24) is 5.32 Å². The molecule has 0 saturated heterocycles. The lowest BCUT2D eigenvalue weighted by atomic mass is 9.70. The quantitative estimate of drug-likeness (QED) is 0.708. The van der Waals surface area contributed by atoms with Gasteiger partial charge in [0.15, 0.2) is 0 Å². The normalized spacial score (nSPS) is 25.1. The average Bonchev–Trinajstić information content (AvgIpc) is 2.10. The van der Waals surface area contributed by atoms with Gasteiger partial charge in [-0.3, -0.25) is 5.32 Å². The lowest BCUT2D eigenvalue weighted by molar-refractivity contribution is 0.172. The molecule has 0 spiro atoms. The molecule has 0 heterocycles. The molecule has 1 aliphatic carbocycles. The van der Waals surface area contributed by atoms with E-state index in [2.05, 4.69) is 32.2 Å². The average molecular weight is 180 g/mol. The van der Waals surface area contributed by atoms with Crippen LogP contribution in [0.3, 0.4) is 0 Å². The molecule has 0 amide bonds. The molecule has 0 radical (unpaired) electrons. The van der Waals surface area contributed by atoms with E-state index in [1.807, 2.05) is 0 Å². The fraction of sp³-hybridized carbons (Fsp3) is 0.909. The van der Waals surface area contributed by atoms with Crippen molar-refractivity contribution in [3.8, 4) is 6.07 Å². The fourth-order valence-corrected chi connectivity index (χ4v) is 2.02. The smallest absolute Gasteiger partial charge is 0.106 e. The van der Waals surface area contributed by atoms with E-state index in [1.54, 1.807) is 0 Å². The van der Waals surface area contributed by atoms with Crippen LogP contribution in [0, 0.1) is 16.7 Å². The minimum absolute atomic E-state index is 0.218. The van der Waals surface area contributed by atoms with Crippen LogP contribution in [0.2, 0.25) is 0 Å². The van der Waals surface area contributed by atoms with Crippen LogP contribution in [-0.4, -0.2) is 12.1 Å². The van der Waals surface area contributed by atoms with Crippen LogP contribution in [0.4, 0.5) is 0 Å². The molecular formula is C11H20N2. The zero-order valence-corrected chi connectivity index (χ0v) is 8.98. The Labute approximate surface area is 81.3 Å². The molecule has 1 saturated carbocycles. The van der Waals surface area contributed by atoms with E-state index in [-0.39, 0.29) is 5.54 Å². The number of hydrogen-bond acceptors (Lipinski definition) is 2. The Morgan fingerprint density at radius 3 is 2.15 bits per heavy atom. The topological polar surface area (TPSA) is 35.8 Å². The Morgan fingerprint density at radius 1 is 1.23 bits per heavy atom. The highest BCUT2D eigenvalue weighted by atomic mass is 15.0. The first-order chi connectivity index (χ1) is 6.04. The van der Waals surface area contributed by atoms with Crippen LogP contribution in [0.15, 0.2) is 0 Å². The van der Waals surface area contributed by atoms with Crippen LogP contribution in [0.25, 0.3) is 0 Å². The third-order valence-electron chi connectivity index (χ3n) is 3.19. The monoisotopic (exact) mass is 180 g/mol. The summed E-state index contributed by atoms with van der Waals surface area (Å²) in [5, 5.41) is 12.5. The summed E-state index contributed by atoms with van der Waals surface area (Å²) in [6, 6.07) is 2.44. The largest absolute Gasteiger partial charge is 0.300 e. The highest BCUT2D eigenvalue weighted by Crippen LogP contribution is 2.39. The third kappa shape index (κ3) is 2.45. The van der Waals surface area contributed by atoms with E-state index in [9.17, 15) is 0 Å². The predicted molar refractivity (Wildman–Crippen MR) is 54.3 cm³/mol. The highest BCUT2D eigenvalue weighted by molar-refractivity contribution is 5.10. The van der Waals surface area contributed by atoms with E-state index in [0.717, 1.165) is 32.2 Å². The van der Waals surface area contributed by atoms with Crippen LogP contribution in [0.1, 0.15) is 46.5 Å². The van der Waals surface area contributed by atoms with Crippen molar-refractivity contribution in [3.63, 3.8) is 0 Å². The molecule has 74 valence electrons. The molecule has 1 fully saturated rings. The van der Waals surface area contributed by atoms with Gasteiger partial charge in [0, 0.05) is 0 Å². The Hall–Kier alpha value is -0.550. The molecule has 0 unspecified atom stereocenters. The maximum atomic E-state index is 9.13. The molecule has 2 heteroatoms. The number of hydrogen-bond donors (Lipinski definition) is 1. The number of nitriles is 1. The van der Waals surface area contributed by atoms with Crippen LogP contribution in [0.5, 0.6) is 0 Å². The van der Waals surface area contributed by atoms with E-state index < -0.39 is 0 Å². The summed E-state index contributed by atoms with van der Waals surface area (Å²) >= 11 is 0. The number of nitrogens with one attached hydrogen (secondary N) is 1. The van der Waals surface area contributed by atoms with Gasteiger partial charge in [0.1, 0.15) is 5.54 Å². The van der Waals surface area contributed by atoms with E-state index in [4.69, 9.17) is 5.26 Å². The SMILES string of the molecule is CCNC1(C#N)CCC(C)(C)CC1. The summed E-state index contributed by atoms with van der Waals surface area (Å²) in [5.74, 6) is 0. The molecule has 1 aliphatic rings.